The summed E-state index contributed by atoms with van der Waals surface area (Å²) in [4.78, 5) is 11.2. The molecule has 3 heteroatoms. The average Bonchev–Trinajstić information content (AvgIpc) is 2.08. The molecule has 1 rings (SSSR count). The van der Waals surface area contributed by atoms with Crippen LogP contribution in [0.1, 0.15) is 15.9 Å². The van der Waals surface area contributed by atoms with Crippen LogP contribution in [0.25, 0.3) is 0 Å². The van der Waals surface area contributed by atoms with E-state index in [4.69, 9.17) is 0 Å². The van der Waals surface area contributed by atoms with Crippen LogP contribution in [0.15, 0.2) is 17.0 Å². The van der Waals surface area contributed by atoms with Gasteiger partial charge in [0.05, 0.1) is 5.56 Å². The molecular formula is C9H10O2S. The minimum Gasteiger partial charge on any atom is -0.506 e. The summed E-state index contributed by atoms with van der Waals surface area (Å²) >= 11 is 1.43. The van der Waals surface area contributed by atoms with Gasteiger partial charge in [0, 0.05) is 4.90 Å². The minimum atomic E-state index is 0.0862. The molecule has 12 heavy (non-hydrogen) atoms. The van der Waals surface area contributed by atoms with Crippen molar-refractivity contribution in [2.24, 2.45) is 0 Å². The Kier molecular flexibility index (Phi) is 2.76. The maximum atomic E-state index is 10.5. The lowest BCUT2D eigenvalue weighted by molar-refractivity contribution is 0.112. The maximum absolute atomic E-state index is 10.5. The van der Waals surface area contributed by atoms with Crippen LogP contribution in [0.5, 0.6) is 5.75 Å². The van der Waals surface area contributed by atoms with Crippen LogP contribution in [-0.2, 0) is 0 Å². The summed E-state index contributed by atoms with van der Waals surface area (Å²) in [5.74, 6) is 0.0862. The Labute approximate surface area is 75.6 Å². The van der Waals surface area contributed by atoms with Crippen LogP contribution in [0.4, 0.5) is 0 Å². The highest BCUT2D eigenvalue weighted by Crippen LogP contribution is 2.30. The zero-order valence-corrected chi connectivity index (χ0v) is 7.81. The van der Waals surface area contributed by atoms with Crippen molar-refractivity contribution in [1.82, 2.24) is 0 Å². The summed E-state index contributed by atoms with van der Waals surface area (Å²) in [6.45, 7) is 1.90. The Balaban J connectivity index is 3.31. The molecule has 1 aromatic carbocycles. The molecule has 0 heterocycles. The number of thioether (sulfide) groups is 1. The highest BCUT2D eigenvalue weighted by atomic mass is 32.2. The number of hydrogen-bond acceptors (Lipinski definition) is 3. The number of hydrogen-bond donors (Lipinski definition) is 1. The third kappa shape index (κ3) is 1.61. The van der Waals surface area contributed by atoms with Crippen molar-refractivity contribution < 1.29 is 9.90 Å². The van der Waals surface area contributed by atoms with Crippen molar-refractivity contribution in [3.05, 3.63) is 23.3 Å². The molecule has 0 atom stereocenters. The molecule has 0 saturated heterocycles. The highest BCUT2D eigenvalue weighted by Gasteiger charge is 2.06. The van der Waals surface area contributed by atoms with Crippen LogP contribution in [0.3, 0.4) is 0 Å². The van der Waals surface area contributed by atoms with Gasteiger partial charge in [0.15, 0.2) is 6.29 Å². The van der Waals surface area contributed by atoms with Crippen LogP contribution in [-0.4, -0.2) is 17.6 Å². The molecule has 0 aliphatic rings. The first kappa shape index (κ1) is 9.13. The Morgan fingerprint density at radius 3 is 2.67 bits per heavy atom. The van der Waals surface area contributed by atoms with Gasteiger partial charge in [-0.3, -0.25) is 4.79 Å². The van der Waals surface area contributed by atoms with Gasteiger partial charge in [-0.2, -0.15) is 0 Å². The second kappa shape index (κ2) is 3.63. The predicted molar refractivity (Wildman–Crippen MR) is 50.0 cm³/mol. The van der Waals surface area contributed by atoms with Crippen molar-refractivity contribution in [3.8, 4) is 5.75 Å². The lowest BCUT2D eigenvalue weighted by Crippen LogP contribution is -1.85. The number of carbonyl (C=O) groups is 1. The maximum Gasteiger partial charge on any atom is 0.153 e. The molecule has 0 aliphatic heterocycles. The largest absolute Gasteiger partial charge is 0.506 e. The summed E-state index contributed by atoms with van der Waals surface area (Å²) in [5, 5.41) is 9.46. The van der Waals surface area contributed by atoms with Crippen molar-refractivity contribution >= 4 is 18.0 Å². The van der Waals surface area contributed by atoms with Crippen LogP contribution in [0.2, 0.25) is 0 Å². The first-order valence-corrected chi connectivity index (χ1v) is 4.74. The lowest BCUT2D eigenvalue weighted by atomic mass is 10.1. The molecule has 0 aromatic heterocycles. The number of carbonyl (C=O) groups excluding carboxylic acids is 1. The van der Waals surface area contributed by atoms with Gasteiger partial charge in [-0.05, 0) is 30.9 Å². The van der Waals surface area contributed by atoms with Gasteiger partial charge in [0.25, 0.3) is 0 Å². The zero-order valence-electron chi connectivity index (χ0n) is 7.00. The topological polar surface area (TPSA) is 37.3 Å². The monoisotopic (exact) mass is 182 g/mol. The molecule has 0 radical (unpaired) electrons. The first-order chi connectivity index (χ1) is 5.69. The normalized spacial score (nSPS) is 9.83. The summed E-state index contributed by atoms with van der Waals surface area (Å²) in [7, 11) is 0. The minimum absolute atomic E-state index is 0.0862. The number of aromatic hydroxyl groups is 1. The predicted octanol–water partition coefficient (Wildman–Crippen LogP) is 2.24. The molecule has 0 fully saturated rings. The number of rotatable bonds is 2. The van der Waals surface area contributed by atoms with Crippen molar-refractivity contribution in [3.63, 3.8) is 0 Å². The van der Waals surface area contributed by atoms with Gasteiger partial charge < -0.3 is 5.11 Å². The van der Waals surface area contributed by atoms with Crippen LogP contribution in [0, 0.1) is 6.92 Å². The molecular weight excluding hydrogens is 172 g/mol. The Morgan fingerprint density at radius 2 is 2.17 bits per heavy atom. The molecule has 64 valence electrons. The SMILES string of the molecule is CSc1cc(C)cc(C=O)c1O. The van der Waals surface area contributed by atoms with E-state index < -0.39 is 0 Å². The van der Waals surface area contributed by atoms with Gasteiger partial charge in [0.1, 0.15) is 5.75 Å². The van der Waals surface area contributed by atoms with E-state index in [1.807, 2.05) is 19.2 Å². The Bertz CT molecular complexity index is 308. The fourth-order valence-corrected chi connectivity index (χ4v) is 1.63. The average molecular weight is 182 g/mol. The molecule has 0 aliphatic carbocycles. The van der Waals surface area contributed by atoms with Crippen molar-refractivity contribution in [2.45, 2.75) is 11.8 Å². The third-order valence-corrected chi connectivity index (χ3v) is 2.35. The molecule has 0 spiro atoms. The second-order valence-electron chi connectivity index (χ2n) is 2.52. The van der Waals surface area contributed by atoms with E-state index in [1.165, 1.54) is 11.8 Å². The summed E-state index contributed by atoms with van der Waals surface area (Å²) in [5.41, 5.74) is 1.35. The molecule has 1 N–H and O–H groups in total. The lowest BCUT2D eigenvalue weighted by Gasteiger charge is -2.04. The van der Waals surface area contributed by atoms with Crippen molar-refractivity contribution in [2.75, 3.05) is 6.26 Å². The van der Waals surface area contributed by atoms with Crippen molar-refractivity contribution in [1.29, 1.82) is 0 Å². The fourth-order valence-electron chi connectivity index (χ4n) is 1.02. The van der Waals surface area contributed by atoms with E-state index in [9.17, 15) is 9.90 Å². The zero-order chi connectivity index (χ0) is 9.14. The quantitative estimate of drug-likeness (QED) is 0.563. The summed E-state index contributed by atoms with van der Waals surface area (Å²) in [6, 6.07) is 3.52. The standard InChI is InChI=1S/C9H10O2S/c1-6-3-7(5-10)9(11)8(4-6)12-2/h3-5,11H,1-2H3. The third-order valence-electron chi connectivity index (χ3n) is 1.60. The number of benzene rings is 1. The van der Waals surface area contributed by atoms with Crippen LogP contribution < -0.4 is 0 Å². The number of aldehydes is 1. The summed E-state index contributed by atoms with van der Waals surface area (Å²) in [6.07, 6.45) is 2.53. The second-order valence-corrected chi connectivity index (χ2v) is 3.37. The smallest absolute Gasteiger partial charge is 0.153 e. The summed E-state index contributed by atoms with van der Waals surface area (Å²) < 4.78 is 0. The number of aryl methyl sites for hydroxylation is 1. The van der Waals surface area contributed by atoms with Crippen LogP contribution >= 0.6 is 11.8 Å². The highest BCUT2D eigenvalue weighted by molar-refractivity contribution is 7.98. The van der Waals surface area contributed by atoms with E-state index in [-0.39, 0.29) is 5.75 Å². The van der Waals surface area contributed by atoms with Gasteiger partial charge >= 0.3 is 0 Å². The van der Waals surface area contributed by atoms with Gasteiger partial charge in [-0.25, -0.2) is 0 Å². The van der Waals surface area contributed by atoms with E-state index in [0.29, 0.717) is 11.8 Å². The molecule has 2 nitrogen and oxygen atoms in total. The molecule has 0 saturated carbocycles. The van der Waals surface area contributed by atoms with E-state index >= 15 is 0 Å². The van der Waals surface area contributed by atoms with E-state index in [2.05, 4.69) is 0 Å². The van der Waals surface area contributed by atoms with E-state index in [0.717, 1.165) is 10.5 Å². The Hall–Kier alpha value is -0.960. The number of phenolic OH excluding ortho intramolecular Hbond substituents is 1. The van der Waals surface area contributed by atoms with Gasteiger partial charge in [-0.1, -0.05) is 0 Å². The fraction of sp³-hybridized carbons (Fsp3) is 0.222. The van der Waals surface area contributed by atoms with Gasteiger partial charge in [-0.15, -0.1) is 11.8 Å². The van der Waals surface area contributed by atoms with Gasteiger partial charge in [0.2, 0.25) is 0 Å². The number of phenols is 1. The first-order valence-electron chi connectivity index (χ1n) is 3.52. The Morgan fingerprint density at radius 1 is 1.50 bits per heavy atom. The molecule has 0 unspecified atom stereocenters. The van der Waals surface area contributed by atoms with E-state index in [1.54, 1.807) is 6.07 Å². The molecule has 1 aromatic rings. The molecule has 0 bridgehead atoms. The molecule has 0 amide bonds.